The Morgan fingerprint density at radius 2 is 2.14 bits per heavy atom. The third kappa shape index (κ3) is 4.28. The average Bonchev–Trinajstić information content (AvgIpc) is 2.79. The van der Waals surface area contributed by atoms with Gasteiger partial charge in [-0.25, -0.2) is 8.42 Å². The highest BCUT2D eigenvalue weighted by molar-refractivity contribution is 7.91. The van der Waals surface area contributed by atoms with Crippen LogP contribution in [0.2, 0.25) is 0 Å². The standard InChI is InChI=1S/C15H26N2O2S2/c1-2-4-13-5-3-11-17(12-9-13)21(18,19)15-7-6-14(20-15)8-10-16/h6-7,13H,2-5,8-12,16H2,1H3. The lowest BCUT2D eigenvalue weighted by Gasteiger charge is -2.19. The van der Waals surface area contributed by atoms with Crippen molar-refractivity contribution in [2.75, 3.05) is 19.6 Å². The zero-order valence-corrected chi connectivity index (χ0v) is 14.4. The molecule has 0 aromatic carbocycles. The van der Waals surface area contributed by atoms with Crippen LogP contribution >= 0.6 is 11.3 Å². The third-order valence-corrected chi connectivity index (χ3v) is 7.64. The molecule has 1 aromatic heterocycles. The topological polar surface area (TPSA) is 63.4 Å². The summed E-state index contributed by atoms with van der Waals surface area (Å²) in [5.41, 5.74) is 5.53. The molecular weight excluding hydrogens is 304 g/mol. The summed E-state index contributed by atoms with van der Waals surface area (Å²) in [6.07, 6.45) is 6.28. The van der Waals surface area contributed by atoms with Gasteiger partial charge in [0.15, 0.2) is 0 Å². The highest BCUT2D eigenvalue weighted by atomic mass is 32.2. The van der Waals surface area contributed by atoms with Gasteiger partial charge in [0.25, 0.3) is 10.0 Å². The second-order valence-corrected chi connectivity index (χ2v) is 9.08. The minimum atomic E-state index is -3.31. The molecule has 0 bridgehead atoms. The summed E-state index contributed by atoms with van der Waals surface area (Å²) in [6.45, 7) is 4.08. The van der Waals surface area contributed by atoms with Crippen LogP contribution < -0.4 is 5.73 Å². The van der Waals surface area contributed by atoms with Crippen molar-refractivity contribution in [2.24, 2.45) is 11.7 Å². The van der Waals surface area contributed by atoms with Gasteiger partial charge in [-0.1, -0.05) is 19.8 Å². The summed E-state index contributed by atoms with van der Waals surface area (Å²) in [5.74, 6) is 0.686. The summed E-state index contributed by atoms with van der Waals surface area (Å²) >= 11 is 1.37. The molecular formula is C15H26N2O2S2. The molecule has 0 amide bonds. The van der Waals surface area contributed by atoms with Gasteiger partial charge in [-0.05, 0) is 50.3 Å². The van der Waals surface area contributed by atoms with Crippen molar-refractivity contribution in [2.45, 2.75) is 49.7 Å². The Balaban J connectivity index is 2.07. The zero-order chi connectivity index (χ0) is 15.3. The van der Waals surface area contributed by atoms with E-state index in [1.54, 1.807) is 10.4 Å². The Hall–Kier alpha value is -0.430. The second kappa shape index (κ2) is 7.72. The fourth-order valence-electron chi connectivity index (χ4n) is 2.98. The van der Waals surface area contributed by atoms with E-state index in [9.17, 15) is 8.42 Å². The molecule has 1 aromatic rings. The van der Waals surface area contributed by atoms with E-state index in [4.69, 9.17) is 5.73 Å². The lowest BCUT2D eigenvalue weighted by Crippen LogP contribution is -2.31. The molecule has 4 nitrogen and oxygen atoms in total. The van der Waals surface area contributed by atoms with Crippen LogP contribution in [0.1, 0.15) is 43.9 Å². The Labute approximate surface area is 132 Å². The molecule has 1 aliphatic rings. The quantitative estimate of drug-likeness (QED) is 0.872. The van der Waals surface area contributed by atoms with Crippen LogP contribution in [-0.4, -0.2) is 32.4 Å². The predicted octanol–water partition coefficient (Wildman–Crippen LogP) is 2.84. The van der Waals surface area contributed by atoms with Crippen LogP contribution in [-0.2, 0) is 16.4 Å². The SMILES string of the molecule is CCCC1CCCN(S(=O)(=O)c2ccc(CCN)s2)CC1. The van der Waals surface area contributed by atoms with Crippen LogP contribution in [0.25, 0.3) is 0 Å². The van der Waals surface area contributed by atoms with E-state index in [0.717, 1.165) is 30.6 Å². The van der Waals surface area contributed by atoms with Gasteiger partial charge in [0.05, 0.1) is 0 Å². The molecule has 120 valence electrons. The van der Waals surface area contributed by atoms with Gasteiger partial charge < -0.3 is 5.73 Å². The van der Waals surface area contributed by atoms with Crippen LogP contribution in [0, 0.1) is 5.92 Å². The molecule has 6 heteroatoms. The average molecular weight is 331 g/mol. The number of thiophene rings is 1. The van der Waals surface area contributed by atoms with Gasteiger partial charge in [0, 0.05) is 18.0 Å². The molecule has 21 heavy (non-hydrogen) atoms. The number of nitrogens with two attached hydrogens (primary N) is 1. The first kappa shape index (κ1) is 16.9. The van der Waals surface area contributed by atoms with Gasteiger partial charge in [-0.3, -0.25) is 0 Å². The Kier molecular flexibility index (Phi) is 6.22. The van der Waals surface area contributed by atoms with Gasteiger partial charge in [-0.2, -0.15) is 4.31 Å². The Bertz CT molecular complexity index is 540. The molecule has 0 aliphatic carbocycles. The summed E-state index contributed by atoms with van der Waals surface area (Å²) in [6, 6.07) is 3.63. The van der Waals surface area contributed by atoms with Crippen LogP contribution in [0.5, 0.6) is 0 Å². The number of hydrogen-bond acceptors (Lipinski definition) is 4. The van der Waals surface area contributed by atoms with E-state index in [-0.39, 0.29) is 0 Å². The first-order valence-electron chi connectivity index (χ1n) is 7.87. The first-order valence-corrected chi connectivity index (χ1v) is 10.1. The van der Waals surface area contributed by atoms with E-state index in [2.05, 4.69) is 6.92 Å². The molecule has 0 radical (unpaired) electrons. The van der Waals surface area contributed by atoms with Gasteiger partial charge in [0.2, 0.25) is 0 Å². The van der Waals surface area contributed by atoms with Crippen molar-refractivity contribution in [1.82, 2.24) is 4.31 Å². The molecule has 0 spiro atoms. The van der Waals surface area contributed by atoms with Gasteiger partial charge in [-0.15, -0.1) is 11.3 Å². The summed E-state index contributed by atoms with van der Waals surface area (Å²) in [4.78, 5) is 1.05. The minimum Gasteiger partial charge on any atom is -0.330 e. The van der Waals surface area contributed by atoms with E-state index >= 15 is 0 Å². The van der Waals surface area contributed by atoms with E-state index in [1.807, 2.05) is 6.07 Å². The number of nitrogens with zero attached hydrogens (tertiary/aromatic N) is 1. The number of hydrogen-bond donors (Lipinski definition) is 1. The maximum absolute atomic E-state index is 12.7. The van der Waals surface area contributed by atoms with Gasteiger partial charge >= 0.3 is 0 Å². The largest absolute Gasteiger partial charge is 0.330 e. The first-order chi connectivity index (χ1) is 10.1. The van der Waals surface area contributed by atoms with Crippen LogP contribution in [0.15, 0.2) is 16.3 Å². The molecule has 1 aliphatic heterocycles. The molecule has 2 rings (SSSR count). The van der Waals surface area contributed by atoms with Crippen molar-refractivity contribution in [3.05, 3.63) is 17.0 Å². The van der Waals surface area contributed by atoms with Crippen molar-refractivity contribution < 1.29 is 8.42 Å². The van der Waals surface area contributed by atoms with Crippen molar-refractivity contribution in [3.8, 4) is 0 Å². The summed E-state index contributed by atoms with van der Waals surface area (Å²) < 4.78 is 27.6. The van der Waals surface area contributed by atoms with Gasteiger partial charge in [0.1, 0.15) is 4.21 Å². The van der Waals surface area contributed by atoms with E-state index in [0.29, 0.717) is 29.8 Å². The van der Waals surface area contributed by atoms with Crippen LogP contribution in [0.3, 0.4) is 0 Å². The number of sulfonamides is 1. The lowest BCUT2D eigenvalue weighted by molar-refractivity contribution is 0.400. The van der Waals surface area contributed by atoms with E-state index < -0.39 is 10.0 Å². The van der Waals surface area contributed by atoms with E-state index in [1.165, 1.54) is 24.2 Å². The highest BCUT2D eigenvalue weighted by Gasteiger charge is 2.28. The molecule has 0 saturated carbocycles. The summed E-state index contributed by atoms with van der Waals surface area (Å²) in [5, 5.41) is 0. The van der Waals surface area contributed by atoms with Crippen molar-refractivity contribution in [1.29, 1.82) is 0 Å². The highest BCUT2D eigenvalue weighted by Crippen LogP contribution is 2.29. The fourth-order valence-corrected chi connectivity index (χ4v) is 6.00. The molecule has 1 saturated heterocycles. The maximum atomic E-state index is 12.7. The normalized spacial score (nSPS) is 21.3. The molecule has 2 heterocycles. The summed E-state index contributed by atoms with van der Waals surface area (Å²) in [7, 11) is -3.31. The Morgan fingerprint density at radius 3 is 2.86 bits per heavy atom. The zero-order valence-electron chi connectivity index (χ0n) is 12.8. The predicted molar refractivity (Wildman–Crippen MR) is 88.1 cm³/mol. The number of rotatable bonds is 6. The minimum absolute atomic E-state index is 0.472. The molecule has 1 atom stereocenters. The lowest BCUT2D eigenvalue weighted by atomic mass is 9.96. The maximum Gasteiger partial charge on any atom is 0.252 e. The third-order valence-electron chi connectivity index (χ3n) is 4.13. The second-order valence-electron chi connectivity index (χ2n) is 5.75. The molecule has 2 N–H and O–H groups in total. The fraction of sp³-hybridized carbons (Fsp3) is 0.733. The monoisotopic (exact) mass is 330 g/mol. The molecule has 1 fully saturated rings. The Morgan fingerprint density at radius 1 is 1.33 bits per heavy atom. The van der Waals surface area contributed by atoms with Crippen molar-refractivity contribution >= 4 is 21.4 Å². The van der Waals surface area contributed by atoms with Crippen molar-refractivity contribution in [3.63, 3.8) is 0 Å². The van der Waals surface area contributed by atoms with Crippen LogP contribution in [0.4, 0.5) is 0 Å². The molecule has 1 unspecified atom stereocenters. The smallest absolute Gasteiger partial charge is 0.252 e.